The first-order valence-electron chi connectivity index (χ1n) is 6.49. The molecule has 2 rings (SSSR count). The summed E-state index contributed by atoms with van der Waals surface area (Å²) in [6, 6.07) is 8.08. The molecule has 18 heavy (non-hydrogen) atoms. The zero-order valence-corrected chi connectivity index (χ0v) is 11.5. The molecule has 3 unspecified atom stereocenters. The van der Waals surface area contributed by atoms with Gasteiger partial charge in [0.25, 0.3) is 0 Å². The molecule has 1 heterocycles. The normalized spacial score (nSPS) is 27.1. The van der Waals surface area contributed by atoms with Gasteiger partial charge in [-0.25, -0.2) is 0 Å². The Balaban J connectivity index is 2.14. The van der Waals surface area contributed by atoms with Crippen molar-refractivity contribution in [3.63, 3.8) is 0 Å². The van der Waals surface area contributed by atoms with Crippen LogP contribution in [0.2, 0.25) is 5.02 Å². The molecule has 0 radical (unpaired) electrons. The van der Waals surface area contributed by atoms with E-state index < -0.39 is 0 Å². The number of benzene rings is 1. The minimum atomic E-state index is -0.181. The quantitative estimate of drug-likeness (QED) is 0.882. The maximum atomic E-state index is 9.79. The summed E-state index contributed by atoms with van der Waals surface area (Å²) in [5.41, 5.74) is 7.08. The van der Waals surface area contributed by atoms with Crippen molar-refractivity contribution in [1.82, 2.24) is 4.90 Å². The Labute approximate surface area is 114 Å². The van der Waals surface area contributed by atoms with Gasteiger partial charge in [-0.1, -0.05) is 30.7 Å². The third kappa shape index (κ3) is 3.04. The SMILES string of the molecule is CC1CN(C(CN)c2cccc(Cl)c2)CCC1O. The highest BCUT2D eigenvalue weighted by atomic mass is 35.5. The lowest BCUT2D eigenvalue weighted by molar-refractivity contribution is 0.0181. The Morgan fingerprint density at radius 1 is 1.56 bits per heavy atom. The number of aliphatic hydroxyl groups is 1. The van der Waals surface area contributed by atoms with Gasteiger partial charge in [0.05, 0.1) is 6.10 Å². The Morgan fingerprint density at radius 3 is 2.94 bits per heavy atom. The van der Waals surface area contributed by atoms with Crippen molar-refractivity contribution >= 4 is 11.6 Å². The molecule has 1 fully saturated rings. The number of piperidine rings is 1. The molecule has 1 aliphatic heterocycles. The molecule has 0 bridgehead atoms. The average molecular weight is 269 g/mol. The van der Waals surface area contributed by atoms with Gasteiger partial charge >= 0.3 is 0 Å². The Hall–Kier alpha value is -0.610. The molecule has 4 heteroatoms. The summed E-state index contributed by atoms with van der Waals surface area (Å²) in [5.74, 6) is 0.298. The van der Waals surface area contributed by atoms with Crippen LogP contribution in [0.4, 0.5) is 0 Å². The van der Waals surface area contributed by atoms with Crippen LogP contribution in [0.25, 0.3) is 0 Å². The molecule has 1 aromatic carbocycles. The van der Waals surface area contributed by atoms with Crippen LogP contribution in [0, 0.1) is 5.92 Å². The maximum absolute atomic E-state index is 9.79. The fourth-order valence-corrected chi connectivity index (χ4v) is 2.86. The van der Waals surface area contributed by atoms with E-state index in [1.807, 2.05) is 18.2 Å². The van der Waals surface area contributed by atoms with E-state index in [1.54, 1.807) is 0 Å². The summed E-state index contributed by atoms with van der Waals surface area (Å²) in [6.45, 7) is 4.43. The standard InChI is InChI=1S/C14H21ClN2O/c1-10-9-17(6-5-14(10)18)13(8-16)11-3-2-4-12(15)7-11/h2-4,7,10,13-14,18H,5-6,8-9,16H2,1H3. The van der Waals surface area contributed by atoms with E-state index in [2.05, 4.69) is 17.9 Å². The van der Waals surface area contributed by atoms with Gasteiger partial charge in [-0.05, 0) is 30.0 Å². The van der Waals surface area contributed by atoms with Crippen molar-refractivity contribution in [1.29, 1.82) is 0 Å². The van der Waals surface area contributed by atoms with Crippen LogP contribution in [0.1, 0.15) is 24.9 Å². The average Bonchev–Trinajstić information content (AvgIpc) is 2.35. The number of halogens is 1. The number of likely N-dealkylation sites (tertiary alicyclic amines) is 1. The van der Waals surface area contributed by atoms with Crippen molar-refractivity contribution in [2.75, 3.05) is 19.6 Å². The summed E-state index contributed by atoms with van der Waals surface area (Å²) in [6.07, 6.45) is 0.636. The van der Waals surface area contributed by atoms with Gasteiger partial charge < -0.3 is 10.8 Å². The molecule has 3 nitrogen and oxygen atoms in total. The lowest BCUT2D eigenvalue weighted by Crippen LogP contribution is -2.45. The van der Waals surface area contributed by atoms with E-state index in [9.17, 15) is 5.11 Å². The number of nitrogens with two attached hydrogens (primary N) is 1. The first-order chi connectivity index (χ1) is 8.61. The van der Waals surface area contributed by atoms with Crippen LogP contribution in [-0.4, -0.2) is 35.7 Å². The second-order valence-corrected chi connectivity index (χ2v) is 5.57. The van der Waals surface area contributed by atoms with Crippen molar-refractivity contribution < 1.29 is 5.11 Å². The van der Waals surface area contributed by atoms with E-state index in [0.717, 1.165) is 30.1 Å². The molecular weight excluding hydrogens is 248 g/mol. The maximum Gasteiger partial charge on any atom is 0.0590 e. The Morgan fingerprint density at radius 2 is 2.33 bits per heavy atom. The van der Waals surface area contributed by atoms with Gasteiger partial charge in [-0.2, -0.15) is 0 Å². The van der Waals surface area contributed by atoms with Gasteiger partial charge in [-0.15, -0.1) is 0 Å². The molecule has 3 atom stereocenters. The van der Waals surface area contributed by atoms with E-state index >= 15 is 0 Å². The monoisotopic (exact) mass is 268 g/mol. The van der Waals surface area contributed by atoms with Crippen LogP contribution >= 0.6 is 11.6 Å². The topological polar surface area (TPSA) is 49.5 Å². The lowest BCUT2D eigenvalue weighted by Gasteiger charge is -2.39. The zero-order chi connectivity index (χ0) is 13.1. The minimum Gasteiger partial charge on any atom is -0.393 e. The highest BCUT2D eigenvalue weighted by Gasteiger charge is 2.28. The van der Waals surface area contributed by atoms with E-state index in [1.165, 1.54) is 0 Å². The van der Waals surface area contributed by atoms with Crippen molar-refractivity contribution in [3.8, 4) is 0 Å². The van der Waals surface area contributed by atoms with Crippen molar-refractivity contribution in [3.05, 3.63) is 34.9 Å². The summed E-state index contributed by atoms with van der Waals surface area (Å²) in [7, 11) is 0. The van der Waals surface area contributed by atoms with Gasteiger partial charge in [0.2, 0.25) is 0 Å². The second kappa shape index (κ2) is 6.02. The largest absolute Gasteiger partial charge is 0.393 e. The molecule has 0 aliphatic carbocycles. The third-order valence-corrected chi connectivity index (χ3v) is 4.02. The molecule has 0 amide bonds. The zero-order valence-electron chi connectivity index (χ0n) is 10.7. The highest BCUT2D eigenvalue weighted by molar-refractivity contribution is 6.30. The molecule has 0 spiro atoms. The first-order valence-corrected chi connectivity index (χ1v) is 6.87. The fourth-order valence-electron chi connectivity index (χ4n) is 2.66. The predicted octanol–water partition coefficient (Wildman–Crippen LogP) is 2.04. The molecule has 0 saturated carbocycles. The summed E-state index contributed by atoms with van der Waals surface area (Å²) in [4.78, 5) is 2.35. The summed E-state index contributed by atoms with van der Waals surface area (Å²) in [5, 5.41) is 10.5. The number of rotatable bonds is 3. The molecule has 100 valence electrons. The third-order valence-electron chi connectivity index (χ3n) is 3.79. The Bertz CT molecular complexity index is 399. The lowest BCUT2D eigenvalue weighted by atomic mass is 9.94. The smallest absolute Gasteiger partial charge is 0.0590 e. The molecule has 1 aromatic rings. The number of hydrogen-bond acceptors (Lipinski definition) is 3. The van der Waals surface area contributed by atoms with Gasteiger partial charge in [0, 0.05) is 30.7 Å². The fraction of sp³-hybridized carbons (Fsp3) is 0.571. The van der Waals surface area contributed by atoms with Crippen LogP contribution < -0.4 is 5.73 Å². The number of aliphatic hydroxyl groups excluding tert-OH is 1. The molecule has 1 saturated heterocycles. The number of nitrogens with zero attached hydrogens (tertiary/aromatic N) is 1. The van der Waals surface area contributed by atoms with Crippen LogP contribution in [0.5, 0.6) is 0 Å². The second-order valence-electron chi connectivity index (χ2n) is 5.13. The first kappa shape index (κ1) is 13.8. The van der Waals surface area contributed by atoms with Crippen LogP contribution in [0.15, 0.2) is 24.3 Å². The Kier molecular flexibility index (Phi) is 4.62. The van der Waals surface area contributed by atoms with Gasteiger partial charge in [0.15, 0.2) is 0 Å². The van der Waals surface area contributed by atoms with Crippen molar-refractivity contribution in [2.45, 2.75) is 25.5 Å². The van der Waals surface area contributed by atoms with Crippen molar-refractivity contribution in [2.24, 2.45) is 11.7 Å². The molecule has 1 aliphatic rings. The molecule has 0 aromatic heterocycles. The van der Waals surface area contributed by atoms with Crippen LogP contribution in [0.3, 0.4) is 0 Å². The molecule has 3 N–H and O–H groups in total. The summed E-state index contributed by atoms with van der Waals surface area (Å²) >= 11 is 6.04. The van der Waals surface area contributed by atoms with E-state index in [4.69, 9.17) is 17.3 Å². The molecular formula is C14H21ClN2O. The summed E-state index contributed by atoms with van der Waals surface area (Å²) < 4.78 is 0. The van der Waals surface area contributed by atoms with Gasteiger partial charge in [0.1, 0.15) is 0 Å². The van der Waals surface area contributed by atoms with Crippen LogP contribution in [-0.2, 0) is 0 Å². The number of hydrogen-bond donors (Lipinski definition) is 2. The van der Waals surface area contributed by atoms with E-state index in [0.29, 0.717) is 12.5 Å². The highest BCUT2D eigenvalue weighted by Crippen LogP contribution is 2.27. The predicted molar refractivity (Wildman–Crippen MR) is 74.6 cm³/mol. The van der Waals surface area contributed by atoms with Gasteiger partial charge in [-0.3, -0.25) is 4.90 Å². The van der Waals surface area contributed by atoms with E-state index in [-0.39, 0.29) is 12.1 Å². The minimum absolute atomic E-state index is 0.181.